The fraction of sp³-hybridized carbons (Fsp3) is 0.304. The summed E-state index contributed by atoms with van der Waals surface area (Å²) in [6.45, 7) is 1.44. The molecule has 0 bridgehead atoms. The number of anilines is 1. The third-order valence-corrected chi connectivity index (χ3v) is 8.04. The number of nitrogens with zero attached hydrogens (tertiary/aromatic N) is 2. The van der Waals surface area contributed by atoms with Gasteiger partial charge in [-0.1, -0.05) is 23.7 Å². The standard InChI is InChI=1S/C23H22ClN3O7S/c1-14(27-21(29)16-6-2-3-7-17(16)22(27)30)23(31)34-13-20(28)25-19-12-15(8-9-18(19)24)35(32,33)26-10-4-5-11-26/h2-3,6-9,12,14H,4-5,10-11,13H2,1H3,(H,25,28)/t14-/m1/s1. The Morgan fingerprint density at radius 1 is 1.06 bits per heavy atom. The lowest BCUT2D eigenvalue weighted by atomic mass is 10.1. The first kappa shape index (κ1) is 24.8. The lowest BCUT2D eigenvalue weighted by Gasteiger charge is -2.20. The summed E-state index contributed by atoms with van der Waals surface area (Å²) in [6, 6.07) is 8.90. The Balaban J connectivity index is 1.38. The van der Waals surface area contributed by atoms with Crippen molar-refractivity contribution in [2.45, 2.75) is 30.7 Å². The molecule has 2 aromatic rings. The Bertz CT molecular complexity index is 1290. The summed E-state index contributed by atoms with van der Waals surface area (Å²) in [5.74, 6) is -2.97. The number of carbonyl (C=O) groups is 4. The zero-order valence-electron chi connectivity index (χ0n) is 18.7. The van der Waals surface area contributed by atoms with Gasteiger partial charge in [0.25, 0.3) is 17.7 Å². The van der Waals surface area contributed by atoms with Crippen molar-refractivity contribution in [3.8, 4) is 0 Å². The van der Waals surface area contributed by atoms with E-state index >= 15 is 0 Å². The maximum atomic E-state index is 12.8. The number of halogens is 1. The van der Waals surface area contributed by atoms with Crippen molar-refractivity contribution in [1.29, 1.82) is 0 Å². The van der Waals surface area contributed by atoms with Crippen LogP contribution in [-0.4, -0.2) is 67.1 Å². The van der Waals surface area contributed by atoms with Crippen LogP contribution in [0.15, 0.2) is 47.4 Å². The number of amides is 3. The highest BCUT2D eigenvalue weighted by Gasteiger charge is 2.41. The van der Waals surface area contributed by atoms with Crippen molar-refractivity contribution in [2.24, 2.45) is 0 Å². The molecule has 2 aliphatic heterocycles. The van der Waals surface area contributed by atoms with Gasteiger partial charge in [0, 0.05) is 13.1 Å². The summed E-state index contributed by atoms with van der Waals surface area (Å²) in [6.07, 6.45) is 1.56. The number of nitrogens with one attached hydrogen (secondary N) is 1. The van der Waals surface area contributed by atoms with Crippen LogP contribution in [0.5, 0.6) is 0 Å². The largest absolute Gasteiger partial charge is 0.454 e. The molecule has 0 unspecified atom stereocenters. The predicted molar refractivity (Wildman–Crippen MR) is 125 cm³/mol. The SMILES string of the molecule is C[C@H](C(=O)OCC(=O)Nc1cc(S(=O)(=O)N2CCCC2)ccc1Cl)N1C(=O)c2ccccc2C1=O. The summed E-state index contributed by atoms with van der Waals surface area (Å²) in [4.78, 5) is 50.7. The minimum Gasteiger partial charge on any atom is -0.454 e. The van der Waals surface area contributed by atoms with E-state index < -0.39 is 46.4 Å². The number of sulfonamides is 1. The highest BCUT2D eigenvalue weighted by molar-refractivity contribution is 7.89. The van der Waals surface area contributed by atoms with Crippen molar-refractivity contribution >= 4 is 51.0 Å². The summed E-state index contributed by atoms with van der Waals surface area (Å²) in [5.41, 5.74) is 0.419. The number of rotatable bonds is 7. The number of carbonyl (C=O) groups excluding carboxylic acids is 4. The van der Waals surface area contributed by atoms with Crippen molar-refractivity contribution in [3.63, 3.8) is 0 Å². The molecule has 4 rings (SSSR count). The van der Waals surface area contributed by atoms with Crippen LogP contribution >= 0.6 is 11.6 Å². The number of imide groups is 1. The van der Waals surface area contributed by atoms with Crippen LogP contribution in [0.25, 0.3) is 0 Å². The first-order chi connectivity index (χ1) is 16.6. The van der Waals surface area contributed by atoms with Gasteiger partial charge in [-0.2, -0.15) is 4.31 Å². The zero-order chi connectivity index (χ0) is 25.3. The summed E-state index contributed by atoms with van der Waals surface area (Å²) >= 11 is 6.11. The van der Waals surface area contributed by atoms with Crippen molar-refractivity contribution < 1.29 is 32.3 Å². The maximum Gasteiger partial charge on any atom is 0.329 e. The number of hydrogen-bond donors (Lipinski definition) is 1. The Hall–Kier alpha value is -3.28. The molecule has 184 valence electrons. The summed E-state index contributed by atoms with van der Waals surface area (Å²) in [7, 11) is -3.72. The fourth-order valence-corrected chi connectivity index (χ4v) is 5.66. The molecule has 1 saturated heterocycles. The van der Waals surface area contributed by atoms with Crippen LogP contribution in [0, 0.1) is 0 Å². The van der Waals surface area contributed by atoms with E-state index in [1.807, 2.05) is 0 Å². The van der Waals surface area contributed by atoms with Gasteiger partial charge in [-0.25, -0.2) is 13.2 Å². The van der Waals surface area contributed by atoms with Crippen LogP contribution in [0.1, 0.15) is 40.5 Å². The second-order valence-electron chi connectivity index (χ2n) is 8.11. The number of hydrogen-bond acceptors (Lipinski definition) is 7. The van der Waals surface area contributed by atoms with E-state index in [1.165, 1.54) is 41.6 Å². The van der Waals surface area contributed by atoms with E-state index in [0.29, 0.717) is 13.1 Å². The Morgan fingerprint density at radius 3 is 2.26 bits per heavy atom. The van der Waals surface area contributed by atoms with Crippen LogP contribution < -0.4 is 5.32 Å². The number of esters is 1. The third-order valence-electron chi connectivity index (χ3n) is 5.81. The molecule has 3 amide bonds. The van der Waals surface area contributed by atoms with E-state index in [2.05, 4.69) is 5.32 Å². The van der Waals surface area contributed by atoms with Gasteiger partial charge >= 0.3 is 5.97 Å². The molecule has 2 heterocycles. The Kier molecular flexibility index (Phi) is 6.93. The normalized spacial score (nSPS) is 16.8. The second kappa shape index (κ2) is 9.76. The Morgan fingerprint density at radius 2 is 1.66 bits per heavy atom. The van der Waals surface area contributed by atoms with Gasteiger partial charge in [-0.05, 0) is 50.1 Å². The lowest BCUT2D eigenvalue weighted by Crippen LogP contribution is -2.44. The average Bonchev–Trinajstić information content (AvgIpc) is 3.47. The van der Waals surface area contributed by atoms with Gasteiger partial charge in [0.15, 0.2) is 6.61 Å². The fourth-order valence-electron chi connectivity index (χ4n) is 3.95. The topological polar surface area (TPSA) is 130 Å². The molecule has 0 aromatic heterocycles. The molecule has 12 heteroatoms. The molecule has 35 heavy (non-hydrogen) atoms. The average molecular weight is 520 g/mol. The smallest absolute Gasteiger partial charge is 0.329 e. The van der Waals surface area contributed by atoms with E-state index in [4.69, 9.17) is 16.3 Å². The molecule has 1 fully saturated rings. The van der Waals surface area contributed by atoms with Crippen LogP contribution in [0.2, 0.25) is 5.02 Å². The highest BCUT2D eigenvalue weighted by Crippen LogP contribution is 2.29. The summed E-state index contributed by atoms with van der Waals surface area (Å²) < 4.78 is 31.9. The van der Waals surface area contributed by atoms with Crippen LogP contribution in [-0.2, 0) is 24.3 Å². The first-order valence-electron chi connectivity index (χ1n) is 10.8. The van der Waals surface area contributed by atoms with Gasteiger partial charge in [0.1, 0.15) is 6.04 Å². The molecular weight excluding hydrogens is 498 g/mol. The Labute approximate surface area is 206 Å². The van der Waals surface area contributed by atoms with Crippen LogP contribution in [0.3, 0.4) is 0 Å². The highest BCUT2D eigenvalue weighted by atomic mass is 35.5. The molecule has 10 nitrogen and oxygen atoms in total. The van der Waals surface area contributed by atoms with Crippen molar-refractivity contribution in [1.82, 2.24) is 9.21 Å². The van der Waals surface area contributed by atoms with Gasteiger partial charge in [0.2, 0.25) is 10.0 Å². The quantitative estimate of drug-likeness (QED) is 0.438. The van der Waals surface area contributed by atoms with Crippen molar-refractivity contribution in [2.75, 3.05) is 25.0 Å². The van der Waals surface area contributed by atoms with Crippen LogP contribution in [0.4, 0.5) is 5.69 Å². The first-order valence-corrected chi connectivity index (χ1v) is 12.7. The lowest BCUT2D eigenvalue weighted by molar-refractivity contribution is -0.150. The molecule has 0 saturated carbocycles. The maximum absolute atomic E-state index is 12.8. The van der Waals surface area contributed by atoms with E-state index in [-0.39, 0.29) is 26.7 Å². The molecule has 1 atom stereocenters. The van der Waals surface area contributed by atoms with Crippen molar-refractivity contribution in [3.05, 3.63) is 58.6 Å². The molecule has 0 spiro atoms. The van der Waals surface area contributed by atoms with E-state index in [9.17, 15) is 27.6 Å². The third kappa shape index (κ3) is 4.79. The monoisotopic (exact) mass is 519 g/mol. The second-order valence-corrected chi connectivity index (χ2v) is 10.5. The minimum absolute atomic E-state index is 0.0182. The minimum atomic E-state index is -3.72. The van der Waals surface area contributed by atoms with Gasteiger partial charge in [-0.15, -0.1) is 0 Å². The number of ether oxygens (including phenoxy) is 1. The predicted octanol–water partition coefficient (Wildman–Crippen LogP) is 2.29. The molecule has 2 aliphatic rings. The number of benzene rings is 2. The zero-order valence-corrected chi connectivity index (χ0v) is 20.3. The molecule has 2 aromatic carbocycles. The van der Waals surface area contributed by atoms with E-state index in [0.717, 1.165) is 17.7 Å². The molecule has 1 N–H and O–H groups in total. The number of fused-ring (bicyclic) bond motifs is 1. The molecule has 0 aliphatic carbocycles. The van der Waals surface area contributed by atoms with Gasteiger partial charge in [0.05, 0.1) is 26.7 Å². The molecule has 0 radical (unpaired) electrons. The molecular formula is C23H22ClN3O7S. The van der Waals surface area contributed by atoms with Gasteiger partial charge < -0.3 is 10.1 Å². The van der Waals surface area contributed by atoms with E-state index in [1.54, 1.807) is 12.1 Å². The summed E-state index contributed by atoms with van der Waals surface area (Å²) in [5, 5.41) is 2.53. The van der Waals surface area contributed by atoms with Gasteiger partial charge in [-0.3, -0.25) is 19.3 Å².